The highest BCUT2D eigenvalue weighted by Crippen LogP contribution is 2.47. The molecule has 11 heteroatoms. The largest absolute Gasteiger partial charge is 0.481 e. The SMILES string of the molecule is CCOC(=O)C1CN([C@H]2CCc3cc(-c4cccc(-c5cccc(-c6cnc(C=O)c(OC)n6)c5Cl)c4Cl)nc(OC)c32)C1. The van der Waals surface area contributed by atoms with Crippen molar-refractivity contribution in [2.24, 2.45) is 5.92 Å². The second-order valence-electron chi connectivity index (χ2n) is 10.6. The van der Waals surface area contributed by atoms with Gasteiger partial charge in [0.05, 0.1) is 54.4 Å². The standard InChI is InChI=1S/C33H30Cl2N4O5/c1-4-44-33(41)19-15-39(16-19)27-12-11-18-13-24(37-32(43-3)28(18)27)22-9-5-7-20(29(22)34)21-8-6-10-23(30(21)35)25-14-36-26(17-40)31(38-25)42-2/h5-10,13-14,17,19,27H,4,11-12,15-16H2,1-3H3/t27-/m0/s1. The molecule has 0 N–H and O–H groups in total. The number of pyridine rings is 1. The summed E-state index contributed by atoms with van der Waals surface area (Å²) < 4.78 is 16.2. The minimum Gasteiger partial charge on any atom is -0.481 e. The van der Waals surface area contributed by atoms with Gasteiger partial charge in [0.25, 0.3) is 0 Å². The highest BCUT2D eigenvalue weighted by Gasteiger charge is 2.42. The fourth-order valence-electron chi connectivity index (χ4n) is 6.03. The quantitative estimate of drug-likeness (QED) is 0.151. The maximum atomic E-state index is 12.2. The molecule has 0 saturated carbocycles. The average molecular weight is 634 g/mol. The Morgan fingerprint density at radius 3 is 2.18 bits per heavy atom. The molecule has 0 bridgehead atoms. The van der Waals surface area contributed by atoms with Crippen LogP contribution in [0.4, 0.5) is 0 Å². The van der Waals surface area contributed by atoms with Gasteiger partial charge < -0.3 is 14.2 Å². The number of likely N-dealkylation sites (tertiary alicyclic amines) is 1. The van der Waals surface area contributed by atoms with Gasteiger partial charge in [-0.15, -0.1) is 0 Å². The molecule has 0 radical (unpaired) electrons. The number of aryl methyl sites for hydroxylation is 1. The predicted octanol–water partition coefficient (Wildman–Crippen LogP) is 6.49. The topological polar surface area (TPSA) is 104 Å². The Balaban J connectivity index is 1.33. The highest BCUT2D eigenvalue weighted by atomic mass is 35.5. The van der Waals surface area contributed by atoms with Crippen LogP contribution in [0.25, 0.3) is 33.6 Å². The number of fused-ring (bicyclic) bond motifs is 1. The van der Waals surface area contributed by atoms with E-state index in [9.17, 15) is 9.59 Å². The molecule has 226 valence electrons. The van der Waals surface area contributed by atoms with Gasteiger partial charge in [-0.25, -0.2) is 15.0 Å². The number of carbonyl (C=O) groups is 2. The molecule has 2 aromatic carbocycles. The van der Waals surface area contributed by atoms with Crippen LogP contribution in [0.2, 0.25) is 10.0 Å². The van der Waals surface area contributed by atoms with Crippen molar-refractivity contribution in [3.05, 3.63) is 75.5 Å². The maximum absolute atomic E-state index is 12.2. The van der Waals surface area contributed by atoms with E-state index in [-0.39, 0.29) is 29.5 Å². The number of halogens is 2. The number of rotatable bonds is 9. The first-order chi connectivity index (χ1) is 21.4. The van der Waals surface area contributed by atoms with Crippen LogP contribution in [-0.2, 0) is 16.0 Å². The van der Waals surface area contributed by atoms with Crippen LogP contribution in [0.1, 0.15) is 41.0 Å². The Labute approximate surface area is 265 Å². The molecule has 0 unspecified atom stereocenters. The molecule has 2 aromatic heterocycles. The van der Waals surface area contributed by atoms with Crippen LogP contribution in [0.15, 0.2) is 48.7 Å². The van der Waals surface area contributed by atoms with Gasteiger partial charge in [-0.3, -0.25) is 14.5 Å². The summed E-state index contributed by atoms with van der Waals surface area (Å²) in [6.07, 6.45) is 3.86. The summed E-state index contributed by atoms with van der Waals surface area (Å²) in [6, 6.07) is 13.5. The third kappa shape index (κ3) is 5.29. The van der Waals surface area contributed by atoms with Crippen LogP contribution in [0.5, 0.6) is 11.8 Å². The van der Waals surface area contributed by atoms with E-state index in [0.717, 1.165) is 35.1 Å². The summed E-state index contributed by atoms with van der Waals surface area (Å²) in [5.74, 6) is 0.457. The molecular formula is C33H30Cl2N4O5. The maximum Gasteiger partial charge on any atom is 0.311 e. The van der Waals surface area contributed by atoms with Gasteiger partial charge in [0.15, 0.2) is 12.0 Å². The zero-order valence-corrected chi connectivity index (χ0v) is 26.0. The van der Waals surface area contributed by atoms with Gasteiger partial charge in [0, 0.05) is 46.9 Å². The zero-order valence-electron chi connectivity index (χ0n) is 24.5. The van der Waals surface area contributed by atoms with Crippen LogP contribution < -0.4 is 9.47 Å². The lowest BCUT2D eigenvalue weighted by atomic mass is 9.95. The number of nitrogens with zero attached hydrogens (tertiary/aromatic N) is 4. The fraction of sp³-hybridized carbons (Fsp3) is 0.303. The summed E-state index contributed by atoms with van der Waals surface area (Å²) >= 11 is 14.0. The molecule has 1 aliphatic heterocycles. The number of hydrogen-bond donors (Lipinski definition) is 0. The van der Waals surface area contributed by atoms with Crippen LogP contribution in [0.3, 0.4) is 0 Å². The van der Waals surface area contributed by atoms with Gasteiger partial charge in [0.2, 0.25) is 11.8 Å². The monoisotopic (exact) mass is 632 g/mol. The van der Waals surface area contributed by atoms with E-state index in [1.165, 1.54) is 13.3 Å². The molecule has 0 amide bonds. The van der Waals surface area contributed by atoms with Crippen molar-refractivity contribution < 1.29 is 23.8 Å². The lowest BCUT2D eigenvalue weighted by Crippen LogP contribution is -2.51. The number of ether oxygens (including phenoxy) is 3. The normalized spacial score (nSPS) is 16.2. The number of benzene rings is 2. The van der Waals surface area contributed by atoms with Crippen molar-refractivity contribution in [1.82, 2.24) is 19.9 Å². The van der Waals surface area contributed by atoms with Crippen LogP contribution in [0, 0.1) is 5.92 Å². The first-order valence-electron chi connectivity index (χ1n) is 14.3. The third-order valence-corrected chi connectivity index (χ3v) is 9.02. The molecule has 1 aliphatic carbocycles. The van der Waals surface area contributed by atoms with E-state index in [0.29, 0.717) is 64.4 Å². The van der Waals surface area contributed by atoms with Crippen molar-refractivity contribution in [1.29, 1.82) is 0 Å². The van der Waals surface area contributed by atoms with Crippen molar-refractivity contribution in [2.45, 2.75) is 25.8 Å². The predicted molar refractivity (Wildman–Crippen MR) is 167 cm³/mol. The number of methoxy groups -OCH3 is 2. The molecule has 2 aliphatic rings. The lowest BCUT2D eigenvalue weighted by Gasteiger charge is -2.42. The molecule has 4 aromatic rings. The molecular weight excluding hydrogens is 603 g/mol. The highest BCUT2D eigenvalue weighted by molar-refractivity contribution is 6.39. The number of hydrogen-bond acceptors (Lipinski definition) is 9. The van der Waals surface area contributed by atoms with Crippen molar-refractivity contribution >= 4 is 35.5 Å². The Morgan fingerprint density at radius 1 is 0.955 bits per heavy atom. The van der Waals surface area contributed by atoms with Crippen LogP contribution >= 0.6 is 23.2 Å². The summed E-state index contributed by atoms with van der Waals surface area (Å²) in [5, 5.41) is 0.926. The van der Waals surface area contributed by atoms with E-state index >= 15 is 0 Å². The van der Waals surface area contributed by atoms with Crippen molar-refractivity contribution in [3.63, 3.8) is 0 Å². The van der Waals surface area contributed by atoms with E-state index in [1.54, 1.807) is 7.11 Å². The number of aromatic nitrogens is 3. The summed E-state index contributed by atoms with van der Waals surface area (Å²) in [4.78, 5) is 39.2. The summed E-state index contributed by atoms with van der Waals surface area (Å²) in [6.45, 7) is 3.55. The van der Waals surface area contributed by atoms with Gasteiger partial charge in [0.1, 0.15) is 0 Å². The fourth-order valence-corrected chi connectivity index (χ4v) is 6.68. The molecule has 6 rings (SSSR count). The molecule has 0 spiro atoms. The first kappa shape index (κ1) is 30.0. The van der Waals surface area contributed by atoms with E-state index in [1.807, 2.05) is 43.3 Å². The van der Waals surface area contributed by atoms with Gasteiger partial charge >= 0.3 is 5.97 Å². The Hall–Kier alpha value is -4.05. The molecule has 3 heterocycles. The Kier molecular flexibility index (Phi) is 8.53. The van der Waals surface area contributed by atoms with E-state index < -0.39 is 0 Å². The van der Waals surface area contributed by atoms with Gasteiger partial charge in [-0.2, -0.15) is 0 Å². The Morgan fingerprint density at radius 2 is 1.57 bits per heavy atom. The minimum absolute atomic E-state index is 0.0890. The minimum atomic E-state index is -0.133. The molecule has 1 saturated heterocycles. The van der Waals surface area contributed by atoms with Gasteiger partial charge in [-0.1, -0.05) is 59.6 Å². The van der Waals surface area contributed by atoms with E-state index in [2.05, 4.69) is 20.9 Å². The Bertz CT molecular complexity index is 1760. The van der Waals surface area contributed by atoms with E-state index in [4.69, 9.17) is 42.4 Å². The number of carbonyl (C=O) groups excluding carboxylic acids is 2. The van der Waals surface area contributed by atoms with Crippen molar-refractivity contribution in [3.8, 4) is 45.4 Å². The molecule has 1 fully saturated rings. The number of aldehydes is 1. The van der Waals surface area contributed by atoms with Crippen molar-refractivity contribution in [2.75, 3.05) is 33.9 Å². The smallest absolute Gasteiger partial charge is 0.311 e. The first-order valence-corrected chi connectivity index (χ1v) is 15.1. The average Bonchev–Trinajstić information content (AvgIpc) is 3.43. The van der Waals surface area contributed by atoms with Crippen LogP contribution in [-0.4, -0.2) is 66.0 Å². The molecule has 44 heavy (non-hydrogen) atoms. The molecule has 1 atom stereocenters. The zero-order chi connectivity index (χ0) is 31.0. The number of esters is 1. The second kappa shape index (κ2) is 12.5. The second-order valence-corrected chi connectivity index (χ2v) is 11.4. The summed E-state index contributed by atoms with van der Waals surface area (Å²) in [5.41, 5.74) is 6.29. The summed E-state index contributed by atoms with van der Waals surface area (Å²) in [7, 11) is 3.06. The van der Waals surface area contributed by atoms with Gasteiger partial charge in [-0.05, 0) is 31.4 Å². The molecule has 9 nitrogen and oxygen atoms in total. The third-order valence-electron chi connectivity index (χ3n) is 8.21. The lowest BCUT2D eigenvalue weighted by molar-refractivity contribution is -0.155.